The Bertz CT molecular complexity index is 873. The summed E-state index contributed by atoms with van der Waals surface area (Å²) in [4.78, 5) is 19.3. The topological polar surface area (TPSA) is 116 Å². The van der Waals surface area contributed by atoms with Crippen molar-refractivity contribution >= 4 is 17.6 Å². The Labute approximate surface area is 138 Å². The number of carbonyl (C=O) groups is 1. The minimum Gasteiger partial charge on any atom is -0.507 e. The number of nitrogens with zero attached hydrogens (tertiary/aromatic N) is 3. The molecule has 2 rings (SSSR count). The first-order chi connectivity index (χ1) is 11.5. The SMILES string of the molecule is [C-]#[N+]c1ccc(O)c(C(=O)NC(N)=NCc2ccc(C#N)cc2)c1. The smallest absolute Gasteiger partial charge is 0.260 e. The average Bonchev–Trinajstić information content (AvgIpc) is 2.60. The van der Waals surface area contributed by atoms with Gasteiger partial charge in [0.1, 0.15) is 5.75 Å². The summed E-state index contributed by atoms with van der Waals surface area (Å²) in [5.41, 5.74) is 7.20. The van der Waals surface area contributed by atoms with Crippen molar-refractivity contribution in [3.05, 3.63) is 70.6 Å². The van der Waals surface area contributed by atoms with Gasteiger partial charge in [0.05, 0.1) is 30.3 Å². The molecule has 2 aromatic carbocycles. The van der Waals surface area contributed by atoms with Crippen molar-refractivity contribution < 1.29 is 9.90 Å². The Kier molecular flexibility index (Phi) is 5.12. The summed E-state index contributed by atoms with van der Waals surface area (Å²) in [5, 5.41) is 20.8. The predicted octanol–water partition coefficient (Wildman–Crippen LogP) is 2.06. The zero-order valence-corrected chi connectivity index (χ0v) is 12.5. The number of nitrogens with two attached hydrogens (primary N) is 1. The summed E-state index contributed by atoms with van der Waals surface area (Å²) in [5.74, 6) is -1.02. The van der Waals surface area contributed by atoms with E-state index in [1.807, 2.05) is 6.07 Å². The lowest BCUT2D eigenvalue weighted by Crippen LogP contribution is -2.36. The third kappa shape index (κ3) is 4.09. The van der Waals surface area contributed by atoms with Crippen LogP contribution in [-0.4, -0.2) is 17.0 Å². The highest BCUT2D eigenvalue weighted by atomic mass is 16.3. The van der Waals surface area contributed by atoms with E-state index in [-0.39, 0.29) is 29.5 Å². The van der Waals surface area contributed by atoms with Gasteiger partial charge in [-0.25, -0.2) is 9.84 Å². The van der Waals surface area contributed by atoms with Crippen LogP contribution in [0.4, 0.5) is 5.69 Å². The third-order valence-corrected chi connectivity index (χ3v) is 3.11. The lowest BCUT2D eigenvalue weighted by molar-refractivity contribution is 0.0974. The van der Waals surface area contributed by atoms with Crippen LogP contribution in [0.5, 0.6) is 5.75 Å². The second-order valence-corrected chi connectivity index (χ2v) is 4.78. The average molecular weight is 319 g/mol. The van der Waals surface area contributed by atoms with Gasteiger partial charge in [-0.3, -0.25) is 10.1 Å². The van der Waals surface area contributed by atoms with Crippen molar-refractivity contribution in [1.82, 2.24) is 5.32 Å². The quantitative estimate of drug-likeness (QED) is 0.456. The van der Waals surface area contributed by atoms with Crippen LogP contribution in [0.2, 0.25) is 0 Å². The molecule has 24 heavy (non-hydrogen) atoms. The lowest BCUT2D eigenvalue weighted by Gasteiger charge is -2.07. The second kappa shape index (κ2) is 7.43. The van der Waals surface area contributed by atoms with E-state index in [0.29, 0.717) is 5.56 Å². The number of aliphatic imine (C=N–C) groups is 1. The van der Waals surface area contributed by atoms with Crippen molar-refractivity contribution in [2.24, 2.45) is 10.7 Å². The number of hydrogen-bond acceptors (Lipinski definition) is 4. The fraction of sp³-hybridized carbons (Fsp3) is 0.0588. The van der Waals surface area contributed by atoms with E-state index in [2.05, 4.69) is 15.2 Å². The molecular weight excluding hydrogens is 306 g/mol. The van der Waals surface area contributed by atoms with Crippen LogP contribution in [0.25, 0.3) is 4.85 Å². The zero-order valence-electron chi connectivity index (χ0n) is 12.5. The van der Waals surface area contributed by atoms with Gasteiger partial charge >= 0.3 is 0 Å². The number of guanidine groups is 1. The van der Waals surface area contributed by atoms with Crippen LogP contribution in [0.15, 0.2) is 47.5 Å². The van der Waals surface area contributed by atoms with Crippen molar-refractivity contribution in [2.75, 3.05) is 0 Å². The standard InChI is InChI=1S/C17H13N5O2/c1-20-13-6-7-15(23)14(8-13)16(24)22-17(19)21-10-12-4-2-11(9-18)3-5-12/h2-8,23H,10H2,(H3,19,21,22,24). The number of nitrogens with one attached hydrogen (secondary N) is 1. The molecule has 2 aromatic rings. The first-order valence-corrected chi connectivity index (χ1v) is 6.84. The maximum absolute atomic E-state index is 12.1. The first kappa shape index (κ1) is 16.5. The van der Waals surface area contributed by atoms with Crippen molar-refractivity contribution in [3.63, 3.8) is 0 Å². The number of hydrogen-bond donors (Lipinski definition) is 3. The summed E-state index contributed by atoms with van der Waals surface area (Å²) in [7, 11) is 0. The molecule has 0 aliphatic heterocycles. The van der Waals surface area contributed by atoms with Crippen molar-refractivity contribution in [2.45, 2.75) is 6.54 Å². The molecule has 0 saturated carbocycles. The van der Waals surface area contributed by atoms with Crippen LogP contribution >= 0.6 is 0 Å². The monoisotopic (exact) mass is 319 g/mol. The highest BCUT2D eigenvalue weighted by molar-refractivity contribution is 6.07. The van der Waals surface area contributed by atoms with Crippen LogP contribution in [0, 0.1) is 17.9 Å². The maximum Gasteiger partial charge on any atom is 0.260 e. The Hall–Kier alpha value is -3.84. The molecule has 7 nitrogen and oxygen atoms in total. The van der Waals surface area contributed by atoms with Crippen LogP contribution in [-0.2, 0) is 6.54 Å². The molecule has 0 aromatic heterocycles. The Morgan fingerprint density at radius 3 is 2.67 bits per heavy atom. The summed E-state index contributed by atoms with van der Waals surface area (Å²) in [6.45, 7) is 7.15. The molecular formula is C17H13N5O2. The van der Waals surface area contributed by atoms with Crippen LogP contribution in [0.3, 0.4) is 0 Å². The van der Waals surface area contributed by atoms with E-state index in [9.17, 15) is 9.90 Å². The maximum atomic E-state index is 12.1. The second-order valence-electron chi connectivity index (χ2n) is 4.78. The lowest BCUT2D eigenvalue weighted by atomic mass is 10.1. The van der Waals surface area contributed by atoms with E-state index < -0.39 is 5.91 Å². The molecule has 0 unspecified atom stereocenters. The van der Waals surface area contributed by atoms with E-state index in [1.54, 1.807) is 24.3 Å². The molecule has 0 heterocycles. The number of aromatic hydroxyl groups is 1. The molecule has 1 amide bonds. The number of nitriles is 1. The van der Waals surface area contributed by atoms with Gasteiger partial charge < -0.3 is 10.8 Å². The predicted molar refractivity (Wildman–Crippen MR) is 88.3 cm³/mol. The minimum absolute atomic E-state index is 0.0555. The van der Waals surface area contributed by atoms with E-state index in [1.165, 1.54) is 18.2 Å². The molecule has 0 bridgehead atoms. The van der Waals surface area contributed by atoms with Gasteiger partial charge in [0.2, 0.25) is 0 Å². The normalized spacial score (nSPS) is 10.5. The van der Waals surface area contributed by atoms with Gasteiger partial charge in [-0.05, 0) is 29.8 Å². The number of phenolic OH excluding ortho intramolecular Hbond substituents is 1. The molecule has 4 N–H and O–H groups in total. The van der Waals surface area contributed by atoms with Gasteiger partial charge in [0.25, 0.3) is 5.91 Å². The molecule has 7 heteroatoms. The summed E-state index contributed by atoms with van der Waals surface area (Å²) < 4.78 is 0. The molecule has 0 atom stereocenters. The molecule has 0 spiro atoms. The van der Waals surface area contributed by atoms with Gasteiger partial charge in [-0.2, -0.15) is 5.26 Å². The Balaban J connectivity index is 2.05. The van der Waals surface area contributed by atoms with E-state index >= 15 is 0 Å². The number of benzene rings is 2. The zero-order chi connectivity index (χ0) is 17.5. The third-order valence-electron chi connectivity index (χ3n) is 3.11. The molecule has 0 fully saturated rings. The molecule has 118 valence electrons. The van der Waals surface area contributed by atoms with Gasteiger partial charge in [-0.1, -0.05) is 18.2 Å². The van der Waals surface area contributed by atoms with Gasteiger partial charge in [0, 0.05) is 0 Å². The largest absolute Gasteiger partial charge is 0.507 e. The Morgan fingerprint density at radius 2 is 2.04 bits per heavy atom. The van der Waals surface area contributed by atoms with Gasteiger partial charge in [0.15, 0.2) is 11.6 Å². The molecule has 0 aliphatic rings. The van der Waals surface area contributed by atoms with E-state index in [0.717, 1.165) is 5.56 Å². The summed E-state index contributed by atoms with van der Waals surface area (Å²) in [6, 6.07) is 12.8. The van der Waals surface area contributed by atoms with Crippen LogP contribution < -0.4 is 11.1 Å². The highest BCUT2D eigenvalue weighted by Gasteiger charge is 2.12. The van der Waals surface area contributed by atoms with Crippen molar-refractivity contribution in [1.29, 1.82) is 5.26 Å². The number of carbonyl (C=O) groups excluding carboxylic acids is 1. The highest BCUT2D eigenvalue weighted by Crippen LogP contribution is 2.23. The fourth-order valence-electron chi connectivity index (χ4n) is 1.86. The molecule has 0 saturated heterocycles. The van der Waals surface area contributed by atoms with E-state index in [4.69, 9.17) is 17.6 Å². The minimum atomic E-state index is -0.654. The number of amides is 1. The van der Waals surface area contributed by atoms with Crippen molar-refractivity contribution in [3.8, 4) is 11.8 Å². The molecule has 0 aliphatic carbocycles. The number of rotatable bonds is 3. The first-order valence-electron chi connectivity index (χ1n) is 6.84. The van der Waals surface area contributed by atoms with Crippen LogP contribution in [0.1, 0.15) is 21.5 Å². The van der Waals surface area contributed by atoms with Gasteiger partial charge in [-0.15, -0.1) is 0 Å². The fourth-order valence-corrected chi connectivity index (χ4v) is 1.86. The number of phenols is 1. The summed E-state index contributed by atoms with van der Waals surface area (Å²) >= 11 is 0. The Morgan fingerprint density at radius 1 is 1.33 bits per heavy atom. The molecule has 0 radical (unpaired) electrons. The summed E-state index contributed by atoms with van der Waals surface area (Å²) in [6.07, 6.45) is 0.